The third-order valence-corrected chi connectivity index (χ3v) is 8.52. The topological polar surface area (TPSA) is 246 Å². The number of hydrogen-bond acceptors (Lipinski definition) is 6. The van der Waals surface area contributed by atoms with Crippen LogP contribution < -0.4 is 59.3 Å². The molecule has 2 aromatic rings. The van der Waals surface area contributed by atoms with Gasteiger partial charge in [0.05, 0.1) is 6.04 Å². The van der Waals surface area contributed by atoms with Gasteiger partial charge < -0.3 is 59.3 Å². The number of aryl methyl sites for hydroxylation is 2. The second-order valence-electron chi connectivity index (χ2n) is 14.1. The first-order valence-corrected chi connectivity index (χ1v) is 18.7. The van der Waals surface area contributed by atoms with Crippen LogP contribution in [0.15, 0.2) is 48.5 Å². The van der Waals surface area contributed by atoms with Gasteiger partial charge in [-0.3, -0.25) is 0 Å². The van der Waals surface area contributed by atoms with E-state index in [2.05, 4.69) is 86.0 Å². The van der Waals surface area contributed by atoms with Crippen LogP contribution in [-0.4, -0.2) is 93.6 Å². The summed E-state index contributed by atoms with van der Waals surface area (Å²) in [4.78, 5) is 61.9. The third kappa shape index (κ3) is 20.7. The minimum Gasteiger partial charge on any atom is -0.352 e. The molecule has 16 heteroatoms. The summed E-state index contributed by atoms with van der Waals surface area (Å²) >= 11 is 0. The molecule has 0 radical (unpaired) electrons. The van der Waals surface area contributed by atoms with Gasteiger partial charge in [-0.1, -0.05) is 73.0 Å². The molecule has 2 aromatic carbocycles. The van der Waals surface area contributed by atoms with Gasteiger partial charge in [-0.25, -0.2) is 24.0 Å². The summed E-state index contributed by atoms with van der Waals surface area (Å²) in [7, 11) is 0. The fourth-order valence-corrected chi connectivity index (χ4v) is 5.46. The maximum Gasteiger partial charge on any atom is 0.315 e. The van der Waals surface area contributed by atoms with Crippen LogP contribution in [0.2, 0.25) is 0 Å². The van der Waals surface area contributed by atoms with E-state index in [1.165, 1.54) is 11.1 Å². The Kier molecular flexibility index (Phi) is 20.7. The lowest BCUT2D eigenvalue weighted by Crippen LogP contribution is -2.54. The highest BCUT2D eigenvalue weighted by Gasteiger charge is 2.19. The van der Waals surface area contributed by atoms with Gasteiger partial charge in [-0.2, -0.15) is 0 Å². The van der Waals surface area contributed by atoms with E-state index in [1.807, 2.05) is 31.2 Å². The van der Waals surface area contributed by atoms with E-state index in [0.29, 0.717) is 25.9 Å². The number of unbranched alkanes of at least 4 members (excludes halogenated alkanes) is 1. The molecule has 0 aliphatic rings. The Bertz CT molecular complexity index is 1440. The van der Waals surface area contributed by atoms with Gasteiger partial charge in [0, 0.05) is 50.8 Å². The van der Waals surface area contributed by atoms with Gasteiger partial charge in [0.1, 0.15) is 0 Å². The van der Waals surface area contributed by atoms with Crippen LogP contribution in [0.1, 0.15) is 62.3 Å². The number of nitrogens with two attached hydrogens (primary N) is 2. The fraction of sp³-hybridized carbons (Fsp3) is 0.553. The molecule has 0 spiro atoms. The Morgan fingerprint density at radius 1 is 0.537 bits per heavy atom. The van der Waals surface area contributed by atoms with Crippen molar-refractivity contribution in [1.82, 2.24) is 47.9 Å². The summed E-state index contributed by atoms with van der Waals surface area (Å²) in [5.74, 6) is 0.250. The molecule has 0 bridgehead atoms. The van der Waals surface area contributed by atoms with Crippen LogP contribution >= 0.6 is 0 Å². The Morgan fingerprint density at radius 2 is 0.963 bits per heavy atom. The highest BCUT2D eigenvalue weighted by atomic mass is 16.2. The molecule has 2 rings (SSSR count). The van der Waals surface area contributed by atoms with Gasteiger partial charge >= 0.3 is 30.2 Å². The average Bonchev–Trinajstić information content (AvgIpc) is 3.12. The van der Waals surface area contributed by atoms with Crippen molar-refractivity contribution in [2.75, 3.05) is 39.3 Å². The zero-order valence-corrected chi connectivity index (χ0v) is 32.5. The number of carbonyl (C=O) groups is 5. The van der Waals surface area contributed by atoms with Crippen LogP contribution in [0.3, 0.4) is 0 Å². The Balaban J connectivity index is 1.85. The summed E-state index contributed by atoms with van der Waals surface area (Å²) in [6, 6.07) is 12.3. The summed E-state index contributed by atoms with van der Waals surface area (Å²) in [6.45, 7) is 11.3. The van der Waals surface area contributed by atoms with E-state index in [4.69, 9.17) is 11.5 Å². The molecule has 16 nitrogen and oxygen atoms in total. The van der Waals surface area contributed by atoms with Crippen LogP contribution in [0.5, 0.6) is 0 Å². The van der Waals surface area contributed by atoms with Crippen LogP contribution in [0.25, 0.3) is 0 Å². The first kappa shape index (κ1) is 44.9. The van der Waals surface area contributed by atoms with E-state index < -0.39 is 30.2 Å². The minimum absolute atomic E-state index is 0.125. The number of carbonyl (C=O) groups excluding carboxylic acids is 5. The standard InChI is InChI=1S/C38H63N11O5/c1-25-9-13-30(14-10-25)18-27(3)20-42-35(51)47-29(5)22-43-37(53)48-32(8-6-7-17-39)23-44-38(54)49-33(19-31-15-11-26(2)12-16-31)24-45-36(52)46-28(4)21-41-34(40)50/h9-16,27-29,32-33H,6-8,17-24,39H2,1-5H3,(H3,40,41,50)(H2,42,47,51)(H2,43,48,53)(H2,44,49,54)(H2,45,46,52)/t27-,28-,29-,32-,33-/m0/s1. The van der Waals surface area contributed by atoms with Gasteiger partial charge in [0.25, 0.3) is 0 Å². The normalized spacial score (nSPS) is 13.5. The fourth-order valence-electron chi connectivity index (χ4n) is 5.46. The molecule has 0 saturated carbocycles. The quantitative estimate of drug-likeness (QED) is 0.0805. The van der Waals surface area contributed by atoms with Crippen molar-refractivity contribution in [3.8, 4) is 0 Å². The monoisotopic (exact) mass is 754 g/mol. The summed E-state index contributed by atoms with van der Waals surface area (Å²) in [5, 5.41) is 25.2. The second kappa shape index (κ2) is 24.9. The molecule has 5 atom stereocenters. The van der Waals surface area contributed by atoms with Crippen molar-refractivity contribution < 1.29 is 24.0 Å². The first-order chi connectivity index (χ1) is 25.7. The molecule has 0 heterocycles. The van der Waals surface area contributed by atoms with Crippen molar-refractivity contribution in [2.45, 2.75) is 90.9 Å². The van der Waals surface area contributed by atoms with Crippen molar-refractivity contribution in [2.24, 2.45) is 17.4 Å². The number of benzene rings is 2. The highest BCUT2D eigenvalue weighted by molar-refractivity contribution is 5.77. The number of primary amides is 1. The van der Waals surface area contributed by atoms with Gasteiger partial charge in [0.2, 0.25) is 0 Å². The molecule has 0 aromatic heterocycles. The molecular weight excluding hydrogens is 690 g/mol. The highest BCUT2D eigenvalue weighted by Crippen LogP contribution is 2.10. The molecule has 0 fully saturated rings. The average molecular weight is 754 g/mol. The lowest BCUT2D eigenvalue weighted by atomic mass is 10.0. The van der Waals surface area contributed by atoms with Crippen molar-refractivity contribution >= 4 is 30.2 Å². The first-order valence-electron chi connectivity index (χ1n) is 18.7. The number of hydrogen-bond donors (Lipinski definition) is 11. The van der Waals surface area contributed by atoms with Gasteiger partial charge in [-0.05, 0) is 77.0 Å². The number of rotatable bonds is 22. The largest absolute Gasteiger partial charge is 0.352 e. The maximum absolute atomic E-state index is 13.1. The van der Waals surface area contributed by atoms with Gasteiger partial charge in [-0.15, -0.1) is 0 Å². The molecule has 0 aliphatic heterocycles. The third-order valence-electron chi connectivity index (χ3n) is 8.52. The second-order valence-corrected chi connectivity index (χ2v) is 14.1. The van der Waals surface area contributed by atoms with Crippen molar-refractivity contribution in [3.63, 3.8) is 0 Å². The molecule has 0 saturated heterocycles. The lowest BCUT2D eigenvalue weighted by molar-refractivity contribution is 0.225. The molecular formula is C38H63N11O5. The van der Waals surface area contributed by atoms with Crippen LogP contribution in [-0.2, 0) is 12.8 Å². The van der Waals surface area contributed by atoms with Crippen LogP contribution in [0.4, 0.5) is 24.0 Å². The molecule has 0 unspecified atom stereocenters. The predicted octanol–water partition coefficient (Wildman–Crippen LogP) is 2.23. The molecule has 300 valence electrons. The summed E-state index contributed by atoms with van der Waals surface area (Å²) in [5.41, 5.74) is 15.3. The lowest BCUT2D eigenvalue weighted by Gasteiger charge is -2.23. The Morgan fingerprint density at radius 3 is 1.48 bits per heavy atom. The summed E-state index contributed by atoms with van der Waals surface area (Å²) < 4.78 is 0. The maximum atomic E-state index is 13.1. The molecule has 0 aliphatic carbocycles. The minimum atomic E-state index is -0.686. The summed E-state index contributed by atoms with van der Waals surface area (Å²) in [6.07, 6.45) is 3.39. The Labute approximate surface area is 319 Å². The van der Waals surface area contributed by atoms with E-state index in [0.717, 1.165) is 30.4 Å². The van der Waals surface area contributed by atoms with Crippen molar-refractivity contribution in [1.29, 1.82) is 0 Å². The molecule has 13 N–H and O–H groups in total. The zero-order valence-electron chi connectivity index (χ0n) is 32.5. The van der Waals surface area contributed by atoms with Gasteiger partial charge in [0.15, 0.2) is 0 Å². The van der Waals surface area contributed by atoms with Crippen LogP contribution in [0, 0.1) is 19.8 Å². The predicted molar refractivity (Wildman–Crippen MR) is 212 cm³/mol. The Hall–Kier alpha value is -5.25. The van der Waals surface area contributed by atoms with E-state index in [-0.39, 0.29) is 56.3 Å². The molecule has 10 amide bonds. The number of amides is 10. The smallest absolute Gasteiger partial charge is 0.315 e. The molecule has 54 heavy (non-hydrogen) atoms. The van der Waals surface area contributed by atoms with E-state index in [9.17, 15) is 24.0 Å². The number of nitrogens with one attached hydrogen (secondary N) is 9. The van der Waals surface area contributed by atoms with Crippen molar-refractivity contribution in [3.05, 3.63) is 70.8 Å². The zero-order chi connectivity index (χ0) is 39.9. The SMILES string of the molecule is Cc1ccc(C[C@H](C)CNC(=O)N[C@@H](C)CNC(=O)N[C@@H](CCCCN)CNC(=O)N[C@H](CNC(=O)N[C@@H](C)CNC(N)=O)Cc2ccc(C)cc2)cc1. The van der Waals surface area contributed by atoms with E-state index in [1.54, 1.807) is 13.8 Å². The van der Waals surface area contributed by atoms with E-state index >= 15 is 0 Å². The number of urea groups is 5.